The number of alkyl halides is 1. The van der Waals surface area contributed by atoms with Gasteiger partial charge in [0, 0.05) is 7.05 Å². The number of amides is 1. The number of anilines is 1. The number of carbonyl (C=O) groups is 2. The molecule has 0 aliphatic carbocycles. The number of esters is 1. The number of ether oxygens (including phenoxy) is 1. The Morgan fingerprint density at radius 2 is 2.19 bits per heavy atom. The molecule has 0 atom stereocenters. The fraction of sp³-hybridized carbons (Fsp3) is 0.444. The molecule has 0 radical (unpaired) electrons. The number of hydrogen-bond acceptors (Lipinski definition) is 4. The summed E-state index contributed by atoms with van der Waals surface area (Å²) in [6.07, 6.45) is 0. The van der Waals surface area contributed by atoms with E-state index in [1.165, 1.54) is 11.8 Å². The predicted molar refractivity (Wildman–Crippen MR) is 58.6 cm³/mol. The van der Waals surface area contributed by atoms with Crippen LogP contribution < -0.4 is 5.32 Å². The van der Waals surface area contributed by atoms with Crippen molar-refractivity contribution in [3.05, 3.63) is 11.3 Å². The minimum Gasteiger partial charge on any atom is -0.465 e. The third-order valence-electron chi connectivity index (χ3n) is 1.99. The molecule has 7 heteroatoms. The fourth-order valence-corrected chi connectivity index (χ4v) is 1.38. The van der Waals surface area contributed by atoms with Crippen molar-refractivity contribution < 1.29 is 14.3 Å². The predicted octanol–water partition coefficient (Wildman–Crippen LogP) is 0.692. The van der Waals surface area contributed by atoms with Gasteiger partial charge in [0.15, 0.2) is 0 Å². The molecule has 1 rings (SSSR count). The first-order valence-electron chi connectivity index (χ1n) is 4.49. The monoisotopic (exact) mass is 245 g/mol. The number of nitrogens with zero attached hydrogens (tertiary/aromatic N) is 2. The number of nitrogens with one attached hydrogen (secondary N) is 1. The maximum atomic E-state index is 11.5. The minimum atomic E-state index is -0.546. The number of carbonyl (C=O) groups excluding carboxylic acids is 2. The van der Waals surface area contributed by atoms with E-state index >= 15 is 0 Å². The Hall–Kier alpha value is -1.56. The summed E-state index contributed by atoms with van der Waals surface area (Å²) in [5.74, 6) is -0.856. The average Bonchev–Trinajstić information content (AvgIpc) is 2.53. The summed E-state index contributed by atoms with van der Waals surface area (Å²) in [6, 6.07) is 0. The number of halogens is 1. The van der Waals surface area contributed by atoms with Crippen molar-refractivity contribution in [3.63, 3.8) is 0 Å². The molecule has 6 nitrogen and oxygen atoms in total. The zero-order valence-corrected chi connectivity index (χ0v) is 9.96. The van der Waals surface area contributed by atoms with Crippen LogP contribution in [0.2, 0.25) is 0 Å². The van der Waals surface area contributed by atoms with E-state index in [0.29, 0.717) is 5.69 Å². The molecule has 1 heterocycles. The summed E-state index contributed by atoms with van der Waals surface area (Å²) in [7, 11) is 2.88. The molecule has 0 fully saturated rings. The number of aryl methyl sites for hydroxylation is 2. The maximum Gasteiger partial charge on any atom is 0.343 e. The first-order valence-corrected chi connectivity index (χ1v) is 5.02. The molecule has 0 unspecified atom stereocenters. The standard InChI is InChI=1S/C9H12ClN3O3/c1-5-7(9(15)16-3)8(13(2)12-5)11-6(14)4-10/h4H2,1-3H3,(H,11,14). The highest BCUT2D eigenvalue weighted by Crippen LogP contribution is 2.19. The molecule has 0 aromatic carbocycles. The molecule has 0 spiro atoms. The summed E-state index contributed by atoms with van der Waals surface area (Å²) in [4.78, 5) is 22.6. The largest absolute Gasteiger partial charge is 0.465 e. The van der Waals surface area contributed by atoms with Crippen LogP contribution in [0.3, 0.4) is 0 Å². The smallest absolute Gasteiger partial charge is 0.343 e. The van der Waals surface area contributed by atoms with Crippen LogP contribution in [-0.2, 0) is 16.6 Å². The lowest BCUT2D eigenvalue weighted by molar-refractivity contribution is -0.114. The molecule has 0 aliphatic rings. The maximum absolute atomic E-state index is 11.5. The number of hydrogen-bond donors (Lipinski definition) is 1. The van der Waals surface area contributed by atoms with Crippen molar-refractivity contribution in [3.8, 4) is 0 Å². The van der Waals surface area contributed by atoms with Crippen LogP contribution in [0.1, 0.15) is 16.1 Å². The van der Waals surface area contributed by atoms with Gasteiger partial charge in [0.05, 0.1) is 12.8 Å². The van der Waals surface area contributed by atoms with Gasteiger partial charge in [-0.05, 0) is 6.92 Å². The molecule has 16 heavy (non-hydrogen) atoms. The van der Waals surface area contributed by atoms with Crippen molar-refractivity contribution in [2.75, 3.05) is 18.3 Å². The molecule has 1 amide bonds. The summed E-state index contributed by atoms with van der Waals surface area (Å²) in [5.41, 5.74) is 0.725. The van der Waals surface area contributed by atoms with Gasteiger partial charge in [-0.25, -0.2) is 4.79 Å². The number of aromatic nitrogens is 2. The molecule has 0 saturated heterocycles. The van der Waals surface area contributed by atoms with Gasteiger partial charge >= 0.3 is 5.97 Å². The van der Waals surface area contributed by atoms with E-state index in [-0.39, 0.29) is 17.3 Å². The summed E-state index contributed by atoms with van der Waals surface area (Å²) in [5, 5.41) is 6.52. The summed E-state index contributed by atoms with van der Waals surface area (Å²) in [6.45, 7) is 1.66. The van der Waals surface area contributed by atoms with Crippen LogP contribution in [0.25, 0.3) is 0 Å². The van der Waals surface area contributed by atoms with E-state index in [4.69, 9.17) is 11.6 Å². The fourth-order valence-electron chi connectivity index (χ4n) is 1.31. The normalized spacial score (nSPS) is 10.0. The second kappa shape index (κ2) is 4.98. The lowest BCUT2D eigenvalue weighted by Gasteiger charge is -2.05. The first-order chi connectivity index (χ1) is 7.51. The highest BCUT2D eigenvalue weighted by molar-refractivity contribution is 6.29. The second-order valence-electron chi connectivity index (χ2n) is 3.11. The van der Waals surface area contributed by atoms with Crippen molar-refractivity contribution in [2.24, 2.45) is 7.05 Å². The van der Waals surface area contributed by atoms with Gasteiger partial charge in [0.2, 0.25) is 5.91 Å². The van der Waals surface area contributed by atoms with Crippen LogP contribution in [0.15, 0.2) is 0 Å². The van der Waals surface area contributed by atoms with Gasteiger partial charge < -0.3 is 10.1 Å². The third kappa shape index (κ3) is 2.33. The lowest BCUT2D eigenvalue weighted by atomic mass is 10.2. The molecule has 0 bridgehead atoms. The average molecular weight is 246 g/mol. The van der Waals surface area contributed by atoms with Gasteiger partial charge in [-0.3, -0.25) is 9.48 Å². The minimum absolute atomic E-state index is 0.190. The number of rotatable bonds is 3. The molecular weight excluding hydrogens is 234 g/mol. The Morgan fingerprint density at radius 1 is 1.56 bits per heavy atom. The van der Waals surface area contributed by atoms with Crippen LogP contribution in [0.4, 0.5) is 5.82 Å². The lowest BCUT2D eigenvalue weighted by Crippen LogP contribution is -2.18. The molecular formula is C9H12ClN3O3. The van der Waals surface area contributed by atoms with Crippen LogP contribution in [0.5, 0.6) is 0 Å². The SMILES string of the molecule is COC(=O)c1c(C)nn(C)c1NC(=O)CCl. The quantitative estimate of drug-likeness (QED) is 0.628. The highest BCUT2D eigenvalue weighted by atomic mass is 35.5. The van der Waals surface area contributed by atoms with Gasteiger partial charge in [-0.1, -0.05) is 0 Å². The van der Waals surface area contributed by atoms with Gasteiger partial charge in [-0.15, -0.1) is 11.6 Å². The van der Waals surface area contributed by atoms with Crippen LogP contribution >= 0.6 is 11.6 Å². The number of methoxy groups -OCH3 is 1. The second-order valence-corrected chi connectivity index (χ2v) is 3.37. The molecule has 0 aliphatic heterocycles. The highest BCUT2D eigenvalue weighted by Gasteiger charge is 2.21. The Morgan fingerprint density at radius 3 is 2.69 bits per heavy atom. The van der Waals surface area contributed by atoms with Crippen molar-refractivity contribution in [1.82, 2.24) is 9.78 Å². The Bertz CT molecular complexity index is 428. The van der Waals surface area contributed by atoms with Crippen molar-refractivity contribution in [2.45, 2.75) is 6.92 Å². The van der Waals surface area contributed by atoms with Crippen LogP contribution in [0, 0.1) is 6.92 Å². The molecule has 88 valence electrons. The van der Waals surface area contributed by atoms with Crippen molar-refractivity contribution in [1.29, 1.82) is 0 Å². The molecule has 1 aromatic rings. The van der Waals surface area contributed by atoms with E-state index < -0.39 is 11.9 Å². The Kier molecular flexibility index (Phi) is 3.89. The zero-order chi connectivity index (χ0) is 12.3. The molecule has 1 N–H and O–H groups in total. The van der Waals surface area contributed by atoms with Crippen molar-refractivity contribution >= 4 is 29.3 Å². The van der Waals surface area contributed by atoms with E-state index in [1.54, 1.807) is 14.0 Å². The zero-order valence-electron chi connectivity index (χ0n) is 9.20. The van der Waals surface area contributed by atoms with Crippen LogP contribution in [-0.4, -0.2) is 34.6 Å². The Balaban J connectivity index is 3.15. The van der Waals surface area contributed by atoms with E-state index in [9.17, 15) is 9.59 Å². The van der Waals surface area contributed by atoms with Gasteiger partial charge in [-0.2, -0.15) is 5.10 Å². The molecule has 0 saturated carbocycles. The van der Waals surface area contributed by atoms with E-state index in [0.717, 1.165) is 0 Å². The molecule has 1 aromatic heterocycles. The topological polar surface area (TPSA) is 73.2 Å². The van der Waals surface area contributed by atoms with E-state index in [2.05, 4.69) is 15.2 Å². The van der Waals surface area contributed by atoms with Gasteiger partial charge in [0.25, 0.3) is 0 Å². The first kappa shape index (κ1) is 12.5. The summed E-state index contributed by atoms with van der Waals surface area (Å²) < 4.78 is 6.00. The third-order valence-corrected chi connectivity index (χ3v) is 2.23. The van der Waals surface area contributed by atoms with E-state index in [1.807, 2.05) is 0 Å². The summed E-state index contributed by atoms with van der Waals surface area (Å²) >= 11 is 5.37. The Labute approximate surface area is 97.5 Å². The van der Waals surface area contributed by atoms with Gasteiger partial charge in [0.1, 0.15) is 17.3 Å².